The number of benzene rings is 1. The molecule has 0 radical (unpaired) electrons. The summed E-state index contributed by atoms with van der Waals surface area (Å²) in [4.78, 5) is 2.48. The molecule has 0 atom stereocenters. The Morgan fingerprint density at radius 2 is 1.82 bits per heavy atom. The van der Waals surface area contributed by atoms with Gasteiger partial charge in [0.2, 0.25) is 0 Å². The Morgan fingerprint density at radius 3 is 2.65 bits per heavy atom. The summed E-state index contributed by atoms with van der Waals surface area (Å²) in [6, 6.07) is 6.53. The second-order valence-electron chi connectivity index (χ2n) is 4.48. The number of hydrogen-bond acceptors (Lipinski definition) is 4. The normalized spacial score (nSPS) is 17.4. The SMILES string of the molecule is c1cc2cnncc2cc1CN1CCNCC1. The van der Waals surface area contributed by atoms with Gasteiger partial charge in [-0.15, -0.1) is 0 Å². The van der Waals surface area contributed by atoms with Crippen LogP contribution in [0.1, 0.15) is 5.56 Å². The van der Waals surface area contributed by atoms with E-state index in [1.54, 1.807) is 0 Å². The molecular weight excluding hydrogens is 212 g/mol. The molecule has 0 saturated carbocycles. The predicted molar refractivity (Wildman–Crippen MR) is 67.7 cm³/mol. The van der Waals surface area contributed by atoms with Gasteiger partial charge in [0, 0.05) is 43.5 Å². The van der Waals surface area contributed by atoms with Crippen LogP contribution in [0.2, 0.25) is 0 Å². The Kier molecular flexibility index (Phi) is 2.98. The molecule has 1 fully saturated rings. The van der Waals surface area contributed by atoms with Crippen molar-refractivity contribution in [3.05, 3.63) is 36.2 Å². The van der Waals surface area contributed by atoms with Crippen molar-refractivity contribution in [2.24, 2.45) is 0 Å². The molecule has 0 aliphatic carbocycles. The maximum absolute atomic E-state index is 3.93. The number of nitrogens with one attached hydrogen (secondary N) is 1. The topological polar surface area (TPSA) is 41.1 Å². The lowest BCUT2D eigenvalue weighted by Gasteiger charge is -2.27. The molecule has 0 bridgehead atoms. The molecule has 88 valence electrons. The minimum Gasteiger partial charge on any atom is -0.314 e. The monoisotopic (exact) mass is 228 g/mol. The highest BCUT2D eigenvalue weighted by Crippen LogP contribution is 2.15. The highest BCUT2D eigenvalue weighted by Gasteiger charge is 2.09. The van der Waals surface area contributed by atoms with Crippen molar-refractivity contribution in [1.29, 1.82) is 0 Å². The molecule has 0 spiro atoms. The molecule has 1 aromatic carbocycles. The molecule has 0 amide bonds. The second kappa shape index (κ2) is 4.77. The van der Waals surface area contributed by atoms with Gasteiger partial charge in [0.05, 0.1) is 12.4 Å². The molecule has 3 rings (SSSR count). The lowest BCUT2D eigenvalue weighted by Crippen LogP contribution is -2.42. The molecule has 2 heterocycles. The summed E-state index contributed by atoms with van der Waals surface area (Å²) < 4.78 is 0. The van der Waals surface area contributed by atoms with Crippen molar-refractivity contribution in [3.63, 3.8) is 0 Å². The van der Waals surface area contributed by atoms with E-state index in [-0.39, 0.29) is 0 Å². The van der Waals surface area contributed by atoms with Crippen molar-refractivity contribution in [2.45, 2.75) is 6.54 Å². The third-order valence-corrected chi connectivity index (χ3v) is 3.23. The molecule has 0 unspecified atom stereocenters. The van der Waals surface area contributed by atoms with E-state index in [0.717, 1.165) is 38.1 Å². The number of fused-ring (bicyclic) bond motifs is 1. The smallest absolute Gasteiger partial charge is 0.0574 e. The molecule has 17 heavy (non-hydrogen) atoms. The Labute approximate surface area is 101 Å². The minimum absolute atomic E-state index is 1.03. The lowest BCUT2D eigenvalue weighted by atomic mass is 10.1. The fourth-order valence-electron chi connectivity index (χ4n) is 2.27. The lowest BCUT2D eigenvalue weighted by molar-refractivity contribution is 0.233. The Balaban J connectivity index is 1.80. The fourth-order valence-corrected chi connectivity index (χ4v) is 2.27. The van der Waals surface area contributed by atoms with Gasteiger partial charge in [0.15, 0.2) is 0 Å². The van der Waals surface area contributed by atoms with Crippen LogP contribution in [0.4, 0.5) is 0 Å². The van der Waals surface area contributed by atoms with Gasteiger partial charge in [-0.05, 0) is 11.6 Å². The summed E-state index contributed by atoms with van der Waals surface area (Å²) in [6.07, 6.45) is 3.64. The van der Waals surface area contributed by atoms with Crippen LogP contribution in [0.5, 0.6) is 0 Å². The van der Waals surface area contributed by atoms with Crippen molar-refractivity contribution in [3.8, 4) is 0 Å². The van der Waals surface area contributed by atoms with Crippen LogP contribution in [0.3, 0.4) is 0 Å². The van der Waals surface area contributed by atoms with Crippen LogP contribution in [0.25, 0.3) is 10.8 Å². The number of hydrogen-bond donors (Lipinski definition) is 1. The average molecular weight is 228 g/mol. The first-order valence-electron chi connectivity index (χ1n) is 6.04. The van der Waals surface area contributed by atoms with Crippen LogP contribution in [0.15, 0.2) is 30.6 Å². The van der Waals surface area contributed by atoms with E-state index >= 15 is 0 Å². The Bertz CT molecular complexity index is 506. The second-order valence-corrected chi connectivity index (χ2v) is 4.48. The van der Waals surface area contributed by atoms with Crippen LogP contribution in [0, 0.1) is 0 Å². The molecule has 1 aliphatic rings. The number of aromatic nitrogens is 2. The highest BCUT2D eigenvalue weighted by molar-refractivity contribution is 5.81. The summed E-state index contributed by atoms with van der Waals surface area (Å²) in [6.45, 7) is 5.48. The summed E-state index contributed by atoms with van der Waals surface area (Å²) in [5.41, 5.74) is 1.35. The maximum Gasteiger partial charge on any atom is 0.0574 e. The zero-order valence-electron chi connectivity index (χ0n) is 9.76. The molecule has 1 N–H and O–H groups in total. The first kappa shape index (κ1) is 10.6. The first-order valence-corrected chi connectivity index (χ1v) is 6.04. The van der Waals surface area contributed by atoms with E-state index in [9.17, 15) is 0 Å². The molecule has 1 aliphatic heterocycles. The highest BCUT2D eigenvalue weighted by atomic mass is 15.2. The van der Waals surface area contributed by atoms with E-state index in [1.807, 2.05) is 12.4 Å². The zero-order valence-corrected chi connectivity index (χ0v) is 9.76. The zero-order chi connectivity index (χ0) is 11.5. The summed E-state index contributed by atoms with van der Waals surface area (Å²) >= 11 is 0. The van der Waals surface area contributed by atoms with Gasteiger partial charge in [-0.25, -0.2) is 0 Å². The van der Waals surface area contributed by atoms with Crippen LogP contribution in [-0.2, 0) is 6.54 Å². The Morgan fingerprint density at radius 1 is 1.06 bits per heavy atom. The van der Waals surface area contributed by atoms with Crippen molar-refractivity contribution < 1.29 is 0 Å². The van der Waals surface area contributed by atoms with Gasteiger partial charge in [0.25, 0.3) is 0 Å². The van der Waals surface area contributed by atoms with Gasteiger partial charge in [-0.2, -0.15) is 10.2 Å². The summed E-state index contributed by atoms with van der Waals surface area (Å²) in [7, 11) is 0. The predicted octanol–water partition coefficient (Wildman–Crippen LogP) is 1.03. The van der Waals surface area contributed by atoms with Crippen molar-refractivity contribution in [1.82, 2.24) is 20.4 Å². The van der Waals surface area contributed by atoms with Crippen molar-refractivity contribution >= 4 is 10.8 Å². The van der Waals surface area contributed by atoms with Gasteiger partial charge in [-0.3, -0.25) is 4.90 Å². The Hall–Kier alpha value is -1.52. The van der Waals surface area contributed by atoms with E-state index < -0.39 is 0 Å². The van der Waals surface area contributed by atoms with Gasteiger partial charge in [-0.1, -0.05) is 12.1 Å². The van der Waals surface area contributed by atoms with E-state index in [2.05, 4.69) is 38.6 Å². The van der Waals surface area contributed by atoms with Gasteiger partial charge < -0.3 is 5.32 Å². The van der Waals surface area contributed by atoms with Crippen LogP contribution in [-0.4, -0.2) is 41.3 Å². The molecule has 4 nitrogen and oxygen atoms in total. The molecule has 1 saturated heterocycles. The molecule has 1 aromatic heterocycles. The molecular formula is C13H16N4. The van der Waals surface area contributed by atoms with E-state index in [4.69, 9.17) is 0 Å². The third kappa shape index (κ3) is 2.43. The summed E-state index contributed by atoms with van der Waals surface area (Å²) in [5.74, 6) is 0. The van der Waals surface area contributed by atoms with Crippen LogP contribution >= 0.6 is 0 Å². The molecule has 2 aromatic rings. The molecule has 4 heteroatoms. The standard InChI is InChI=1S/C13H16N4/c1-2-12-8-15-16-9-13(12)7-11(1)10-17-5-3-14-4-6-17/h1-2,7-9,14H,3-6,10H2. The van der Waals surface area contributed by atoms with Crippen molar-refractivity contribution in [2.75, 3.05) is 26.2 Å². The first-order chi connectivity index (χ1) is 8.42. The average Bonchev–Trinajstić information content (AvgIpc) is 2.40. The quantitative estimate of drug-likeness (QED) is 0.833. The largest absolute Gasteiger partial charge is 0.314 e. The van der Waals surface area contributed by atoms with E-state index in [0.29, 0.717) is 0 Å². The number of rotatable bonds is 2. The number of nitrogens with zero attached hydrogens (tertiary/aromatic N) is 3. The minimum atomic E-state index is 1.03. The van der Waals surface area contributed by atoms with Crippen LogP contribution < -0.4 is 5.32 Å². The maximum atomic E-state index is 3.93. The summed E-state index contributed by atoms with van der Waals surface area (Å²) in [5, 5.41) is 13.5. The van der Waals surface area contributed by atoms with E-state index in [1.165, 1.54) is 10.9 Å². The van der Waals surface area contributed by atoms with Gasteiger partial charge >= 0.3 is 0 Å². The van der Waals surface area contributed by atoms with Gasteiger partial charge in [0.1, 0.15) is 0 Å². The third-order valence-electron chi connectivity index (χ3n) is 3.23. The fraction of sp³-hybridized carbons (Fsp3) is 0.385. The number of piperazine rings is 1.